The van der Waals surface area contributed by atoms with Gasteiger partial charge in [-0.1, -0.05) is 0 Å². The molecule has 0 fully saturated rings. The number of aromatic nitrogens is 2. The van der Waals surface area contributed by atoms with E-state index < -0.39 is 23.3 Å². The van der Waals surface area contributed by atoms with E-state index in [-0.39, 0.29) is 11.3 Å². The number of aromatic amines is 1. The molecule has 0 radical (unpaired) electrons. The van der Waals surface area contributed by atoms with E-state index in [2.05, 4.69) is 15.3 Å². The maximum absolute atomic E-state index is 12.3. The van der Waals surface area contributed by atoms with E-state index in [0.717, 1.165) is 12.3 Å². The Hall–Kier alpha value is -2.64. The molecule has 0 aliphatic carbocycles. The minimum absolute atomic E-state index is 0.00241. The molecular weight excluding hydrogens is 275 g/mol. The molecule has 1 amide bonds. The normalized spacial score (nSPS) is 11.2. The van der Waals surface area contributed by atoms with E-state index in [9.17, 15) is 22.8 Å². The van der Waals surface area contributed by atoms with Crippen molar-refractivity contribution in [2.75, 3.05) is 5.32 Å². The SMILES string of the molecule is O=C(Nc1ccc[nH]c1=O)c1ccc(C(F)(F)F)nc1. The Bertz CT molecular complexity index is 677. The molecule has 0 bridgehead atoms. The number of anilines is 1. The van der Waals surface area contributed by atoms with Crippen molar-refractivity contribution in [3.05, 3.63) is 58.3 Å². The van der Waals surface area contributed by atoms with Gasteiger partial charge in [-0.05, 0) is 24.3 Å². The first kappa shape index (κ1) is 13.8. The summed E-state index contributed by atoms with van der Waals surface area (Å²) in [5.74, 6) is -0.720. The minimum atomic E-state index is -4.56. The first-order valence-corrected chi connectivity index (χ1v) is 5.40. The molecule has 2 aromatic heterocycles. The fraction of sp³-hybridized carbons (Fsp3) is 0.0833. The highest BCUT2D eigenvalue weighted by molar-refractivity contribution is 6.03. The van der Waals surface area contributed by atoms with Crippen molar-refractivity contribution in [3.8, 4) is 0 Å². The van der Waals surface area contributed by atoms with Crippen LogP contribution in [0, 0.1) is 0 Å². The van der Waals surface area contributed by atoms with Crippen LogP contribution in [0.1, 0.15) is 16.1 Å². The largest absolute Gasteiger partial charge is 0.433 e. The van der Waals surface area contributed by atoms with Crippen LogP contribution in [0.2, 0.25) is 0 Å². The van der Waals surface area contributed by atoms with Crippen LogP contribution < -0.4 is 10.9 Å². The fourth-order valence-electron chi connectivity index (χ4n) is 1.41. The van der Waals surface area contributed by atoms with Gasteiger partial charge in [0.1, 0.15) is 11.4 Å². The number of hydrogen-bond acceptors (Lipinski definition) is 3. The number of rotatable bonds is 2. The second-order valence-corrected chi connectivity index (χ2v) is 3.80. The Balaban J connectivity index is 2.18. The highest BCUT2D eigenvalue weighted by Crippen LogP contribution is 2.27. The lowest BCUT2D eigenvalue weighted by atomic mass is 10.2. The summed E-state index contributed by atoms with van der Waals surface area (Å²) in [6, 6.07) is 4.56. The molecule has 0 unspecified atom stereocenters. The van der Waals surface area contributed by atoms with Crippen LogP contribution >= 0.6 is 0 Å². The second kappa shape index (κ2) is 5.16. The van der Waals surface area contributed by atoms with Crippen LogP contribution in [0.3, 0.4) is 0 Å². The monoisotopic (exact) mass is 283 g/mol. The van der Waals surface area contributed by atoms with Gasteiger partial charge in [0.25, 0.3) is 11.5 Å². The number of hydrogen-bond donors (Lipinski definition) is 2. The summed E-state index contributed by atoms with van der Waals surface area (Å²) in [5, 5.41) is 2.28. The summed E-state index contributed by atoms with van der Waals surface area (Å²) in [4.78, 5) is 28.6. The summed E-state index contributed by atoms with van der Waals surface area (Å²) in [6.07, 6.45) is -2.38. The van der Waals surface area contributed by atoms with Crippen LogP contribution in [0.5, 0.6) is 0 Å². The second-order valence-electron chi connectivity index (χ2n) is 3.80. The molecule has 104 valence electrons. The van der Waals surface area contributed by atoms with Crippen molar-refractivity contribution >= 4 is 11.6 Å². The standard InChI is InChI=1S/C12H8F3N3O2/c13-12(14,15)9-4-3-7(6-17-9)10(19)18-8-2-1-5-16-11(8)20/h1-6H,(H,16,20)(H,18,19). The molecule has 0 saturated heterocycles. The lowest BCUT2D eigenvalue weighted by Gasteiger charge is -2.07. The molecule has 0 atom stereocenters. The van der Waals surface area contributed by atoms with Gasteiger partial charge >= 0.3 is 6.18 Å². The average Bonchev–Trinajstić information content (AvgIpc) is 2.40. The van der Waals surface area contributed by atoms with Gasteiger partial charge in [0.15, 0.2) is 0 Å². The number of pyridine rings is 2. The van der Waals surface area contributed by atoms with Gasteiger partial charge in [0, 0.05) is 12.4 Å². The number of nitrogens with one attached hydrogen (secondary N) is 2. The number of H-pyrrole nitrogens is 1. The molecule has 2 aromatic rings. The lowest BCUT2D eigenvalue weighted by Crippen LogP contribution is -2.19. The Morgan fingerprint density at radius 3 is 2.55 bits per heavy atom. The van der Waals surface area contributed by atoms with Crippen molar-refractivity contribution in [2.45, 2.75) is 6.18 Å². The zero-order valence-electron chi connectivity index (χ0n) is 9.86. The van der Waals surface area contributed by atoms with Gasteiger partial charge in [0.05, 0.1) is 5.56 Å². The average molecular weight is 283 g/mol. The van der Waals surface area contributed by atoms with Gasteiger partial charge in [-0.15, -0.1) is 0 Å². The van der Waals surface area contributed by atoms with E-state index in [0.29, 0.717) is 6.07 Å². The van der Waals surface area contributed by atoms with Crippen molar-refractivity contribution in [2.24, 2.45) is 0 Å². The highest BCUT2D eigenvalue weighted by atomic mass is 19.4. The van der Waals surface area contributed by atoms with Gasteiger partial charge in [-0.25, -0.2) is 0 Å². The molecule has 0 spiro atoms. The predicted molar refractivity (Wildman–Crippen MR) is 64.3 cm³/mol. The van der Waals surface area contributed by atoms with E-state index in [1.807, 2.05) is 0 Å². The topological polar surface area (TPSA) is 74.8 Å². The number of nitrogens with zero attached hydrogens (tertiary/aromatic N) is 1. The van der Waals surface area contributed by atoms with Crippen molar-refractivity contribution < 1.29 is 18.0 Å². The van der Waals surface area contributed by atoms with Crippen molar-refractivity contribution in [3.63, 3.8) is 0 Å². The Kier molecular flexibility index (Phi) is 3.55. The summed E-state index contributed by atoms with van der Waals surface area (Å²) in [5.41, 5.74) is -1.69. The molecule has 2 N–H and O–H groups in total. The van der Waals surface area contributed by atoms with Gasteiger partial charge in [-0.3, -0.25) is 14.6 Å². The van der Waals surface area contributed by atoms with Crippen molar-refractivity contribution in [1.29, 1.82) is 0 Å². The summed E-state index contributed by atoms with van der Waals surface area (Å²) >= 11 is 0. The third kappa shape index (κ3) is 3.02. The molecule has 0 aliphatic rings. The number of alkyl halides is 3. The van der Waals surface area contributed by atoms with Gasteiger partial charge in [-0.2, -0.15) is 13.2 Å². The Morgan fingerprint density at radius 1 is 1.25 bits per heavy atom. The van der Waals surface area contributed by atoms with Gasteiger partial charge < -0.3 is 10.3 Å². The zero-order chi connectivity index (χ0) is 14.8. The summed E-state index contributed by atoms with van der Waals surface area (Å²) < 4.78 is 36.9. The van der Waals surface area contributed by atoms with Crippen molar-refractivity contribution in [1.82, 2.24) is 9.97 Å². The maximum atomic E-state index is 12.3. The molecule has 0 saturated carbocycles. The van der Waals surface area contributed by atoms with Crippen LogP contribution in [-0.4, -0.2) is 15.9 Å². The van der Waals surface area contributed by atoms with Crippen LogP contribution in [0.25, 0.3) is 0 Å². The van der Waals surface area contributed by atoms with E-state index >= 15 is 0 Å². The number of carbonyl (C=O) groups is 1. The quantitative estimate of drug-likeness (QED) is 0.885. The summed E-state index contributed by atoms with van der Waals surface area (Å²) in [6.45, 7) is 0. The number of carbonyl (C=O) groups excluding carboxylic acids is 1. The van der Waals surface area contributed by atoms with Gasteiger partial charge in [0.2, 0.25) is 0 Å². The molecule has 5 nitrogen and oxygen atoms in total. The van der Waals surface area contributed by atoms with E-state index in [4.69, 9.17) is 0 Å². The van der Waals surface area contributed by atoms with E-state index in [1.165, 1.54) is 18.3 Å². The smallest absolute Gasteiger partial charge is 0.327 e. The Labute approximate surface area is 110 Å². The summed E-state index contributed by atoms with van der Waals surface area (Å²) in [7, 11) is 0. The third-order valence-electron chi connectivity index (χ3n) is 2.38. The lowest BCUT2D eigenvalue weighted by molar-refractivity contribution is -0.141. The van der Waals surface area contributed by atoms with E-state index in [1.54, 1.807) is 0 Å². The number of amides is 1. The predicted octanol–water partition coefficient (Wildman–Crippen LogP) is 2.04. The highest BCUT2D eigenvalue weighted by Gasteiger charge is 2.32. The molecule has 2 rings (SSSR count). The van der Waals surface area contributed by atoms with Crippen LogP contribution in [0.15, 0.2) is 41.5 Å². The molecule has 2 heterocycles. The molecule has 20 heavy (non-hydrogen) atoms. The number of halogens is 3. The van der Waals surface area contributed by atoms with Crippen LogP contribution in [-0.2, 0) is 6.18 Å². The third-order valence-corrected chi connectivity index (χ3v) is 2.38. The molecule has 8 heteroatoms. The first-order chi connectivity index (χ1) is 9.38. The fourth-order valence-corrected chi connectivity index (χ4v) is 1.41. The first-order valence-electron chi connectivity index (χ1n) is 5.40. The molecule has 0 aromatic carbocycles. The molecule has 0 aliphatic heterocycles. The molecular formula is C12H8F3N3O2. The maximum Gasteiger partial charge on any atom is 0.433 e. The minimum Gasteiger partial charge on any atom is -0.327 e. The van der Waals surface area contributed by atoms with Crippen LogP contribution in [0.4, 0.5) is 18.9 Å². The zero-order valence-corrected chi connectivity index (χ0v) is 9.86. The Morgan fingerprint density at radius 2 is 2.00 bits per heavy atom.